The van der Waals surface area contributed by atoms with E-state index in [1.54, 1.807) is 23.9 Å². The highest BCUT2D eigenvalue weighted by atomic mass is 32.2. The molecular formula is C22H21NO4S. The summed E-state index contributed by atoms with van der Waals surface area (Å²) in [5.41, 5.74) is 3.26. The quantitative estimate of drug-likeness (QED) is 0.426. The number of fused-ring (bicyclic) bond motifs is 1. The lowest BCUT2D eigenvalue weighted by atomic mass is 10.1. The summed E-state index contributed by atoms with van der Waals surface area (Å²) in [7, 11) is 0. The van der Waals surface area contributed by atoms with Crippen molar-refractivity contribution < 1.29 is 18.8 Å². The summed E-state index contributed by atoms with van der Waals surface area (Å²) < 4.78 is 16.6. The van der Waals surface area contributed by atoms with Gasteiger partial charge < -0.3 is 14.0 Å². The Balaban J connectivity index is 1.43. The summed E-state index contributed by atoms with van der Waals surface area (Å²) in [5.74, 6) is 2.11. The Morgan fingerprint density at radius 2 is 2.11 bits per heavy atom. The van der Waals surface area contributed by atoms with Crippen LogP contribution in [-0.2, 0) is 17.8 Å². The number of carbonyl (C=O) groups is 1. The van der Waals surface area contributed by atoms with E-state index in [0.29, 0.717) is 17.0 Å². The summed E-state index contributed by atoms with van der Waals surface area (Å²) in [5, 5.41) is 4.04. The molecule has 0 N–H and O–H groups in total. The molecule has 3 aromatic rings. The second kappa shape index (κ2) is 8.10. The number of rotatable bonds is 6. The Kier molecular flexibility index (Phi) is 5.39. The molecule has 4 rings (SSSR count). The lowest BCUT2D eigenvalue weighted by Crippen LogP contribution is -2.06. The summed E-state index contributed by atoms with van der Waals surface area (Å²) in [6, 6.07) is 15.2. The van der Waals surface area contributed by atoms with Gasteiger partial charge in [0.15, 0.2) is 5.76 Å². The van der Waals surface area contributed by atoms with Crippen molar-refractivity contribution in [1.29, 1.82) is 0 Å². The van der Waals surface area contributed by atoms with Crippen LogP contribution in [0, 0.1) is 0 Å². The topological polar surface area (TPSA) is 61.6 Å². The molecule has 2 aromatic carbocycles. The molecule has 1 aliphatic heterocycles. The first-order valence-electron chi connectivity index (χ1n) is 9.28. The van der Waals surface area contributed by atoms with Gasteiger partial charge in [-0.2, -0.15) is 0 Å². The molecular weight excluding hydrogens is 374 g/mol. The Hall–Kier alpha value is -2.73. The van der Waals surface area contributed by atoms with Crippen LogP contribution in [0.5, 0.6) is 5.75 Å². The second-order valence-corrected chi connectivity index (χ2v) is 7.95. The number of aromatic nitrogens is 1. The van der Waals surface area contributed by atoms with E-state index in [0.717, 1.165) is 28.4 Å². The summed E-state index contributed by atoms with van der Waals surface area (Å²) in [6.07, 6.45) is 1.08. The number of carbonyl (C=O) groups excluding carboxylic acids is 1. The number of nitrogens with zero attached hydrogens (tertiary/aromatic N) is 1. The average molecular weight is 395 g/mol. The molecule has 0 fully saturated rings. The Bertz CT molecular complexity index is 998. The Morgan fingerprint density at radius 3 is 2.96 bits per heavy atom. The molecule has 28 heavy (non-hydrogen) atoms. The van der Waals surface area contributed by atoms with Crippen molar-refractivity contribution in [1.82, 2.24) is 5.16 Å². The number of benzene rings is 2. The summed E-state index contributed by atoms with van der Waals surface area (Å²) in [6.45, 7) is 4.17. The van der Waals surface area contributed by atoms with E-state index in [-0.39, 0.29) is 18.7 Å². The van der Waals surface area contributed by atoms with Gasteiger partial charge in [0.1, 0.15) is 24.2 Å². The standard InChI is InChI=1S/C22H21NO4S/c1-3-28-21-7-5-4-6-18(21)22(24)25-13-17-12-20(27-23-17)15-8-9-19-16(11-15)10-14(2)26-19/h4-9,11-12,14H,3,10,13H2,1-2H3. The highest BCUT2D eigenvalue weighted by Gasteiger charge is 2.20. The third-order valence-electron chi connectivity index (χ3n) is 4.50. The first-order chi connectivity index (χ1) is 13.6. The van der Waals surface area contributed by atoms with E-state index in [9.17, 15) is 4.79 Å². The van der Waals surface area contributed by atoms with Crippen molar-refractivity contribution in [3.8, 4) is 17.1 Å². The van der Waals surface area contributed by atoms with Crippen LogP contribution in [-0.4, -0.2) is 23.0 Å². The third-order valence-corrected chi connectivity index (χ3v) is 5.45. The normalized spacial score (nSPS) is 15.1. The molecule has 0 saturated carbocycles. The van der Waals surface area contributed by atoms with Gasteiger partial charge in [0.05, 0.1) is 5.56 Å². The molecule has 144 valence electrons. The zero-order valence-electron chi connectivity index (χ0n) is 15.8. The highest BCUT2D eigenvalue weighted by Crippen LogP contribution is 2.33. The molecule has 0 bridgehead atoms. The molecule has 0 radical (unpaired) electrons. The molecule has 5 nitrogen and oxygen atoms in total. The molecule has 2 heterocycles. The van der Waals surface area contributed by atoms with Gasteiger partial charge in [-0.3, -0.25) is 0 Å². The van der Waals surface area contributed by atoms with Gasteiger partial charge in [-0.15, -0.1) is 11.8 Å². The lowest BCUT2D eigenvalue weighted by molar-refractivity contribution is 0.0460. The van der Waals surface area contributed by atoms with E-state index in [2.05, 4.69) is 25.1 Å². The number of esters is 1. The summed E-state index contributed by atoms with van der Waals surface area (Å²) in [4.78, 5) is 13.4. The number of thioether (sulfide) groups is 1. The fourth-order valence-electron chi connectivity index (χ4n) is 3.23. The van der Waals surface area contributed by atoms with Crippen molar-refractivity contribution in [2.75, 3.05) is 5.75 Å². The van der Waals surface area contributed by atoms with Crippen molar-refractivity contribution >= 4 is 17.7 Å². The molecule has 0 aliphatic carbocycles. The summed E-state index contributed by atoms with van der Waals surface area (Å²) >= 11 is 1.62. The molecule has 0 amide bonds. The fourth-order valence-corrected chi connectivity index (χ4v) is 4.02. The zero-order valence-corrected chi connectivity index (χ0v) is 16.6. The van der Waals surface area contributed by atoms with E-state index in [1.807, 2.05) is 30.3 Å². The van der Waals surface area contributed by atoms with Crippen molar-refractivity contribution in [3.63, 3.8) is 0 Å². The predicted molar refractivity (Wildman–Crippen MR) is 108 cm³/mol. The van der Waals surface area contributed by atoms with Crippen molar-refractivity contribution in [3.05, 3.63) is 65.4 Å². The van der Waals surface area contributed by atoms with Gasteiger partial charge in [0.25, 0.3) is 0 Å². The SMILES string of the molecule is CCSc1ccccc1C(=O)OCc1cc(-c2ccc3c(c2)CC(C)O3)on1. The minimum absolute atomic E-state index is 0.0680. The van der Waals surface area contributed by atoms with Crippen LogP contribution >= 0.6 is 11.8 Å². The maximum absolute atomic E-state index is 12.4. The molecule has 1 unspecified atom stereocenters. The van der Waals surface area contributed by atoms with Crippen LogP contribution in [0.25, 0.3) is 11.3 Å². The number of hydrogen-bond donors (Lipinski definition) is 0. The van der Waals surface area contributed by atoms with Crippen LogP contribution in [0.15, 0.2) is 57.9 Å². The van der Waals surface area contributed by atoms with Gasteiger partial charge in [-0.25, -0.2) is 4.79 Å². The maximum atomic E-state index is 12.4. The van der Waals surface area contributed by atoms with Gasteiger partial charge >= 0.3 is 5.97 Å². The van der Waals surface area contributed by atoms with Gasteiger partial charge in [-0.05, 0) is 48.6 Å². The van der Waals surface area contributed by atoms with Crippen molar-refractivity contribution in [2.24, 2.45) is 0 Å². The van der Waals surface area contributed by atoms with Gasteiger partial charge in [0, 0.05) is 22.9 Å². The average Bonchev–Trinajstić information content (AvgIpc) is 3.31. The molecule has 0 spiro atoms. The van der Waals surface area contributed by atoms with E-state index >= 15 is 0 Å². The Morgan fingerprint density at radius 1 is 1.25 bits per heavy atom. The highest BCUT2D eigenvalue weighted by molar-refractivity contribution is 7.99. The Labute approximate surface area is 168 Å². The maximum Gasteiger partial charge on any atom is 0.339 e. The molecule has 0 saturated heterocycles. The number of ether oxygens (including phenoxy) is 2. The van der Waals surface area contributed by atoms with Crippen LogP contribution in [0.4, 0.5) is 0 Å². The first-order valence-corrected chi connectivity index (χ1v) is 10.3. The van der Waals surface area contributed by atoms with Crippen LogP contribution in [0.2, 0.25) is 0 Å². The monoisotopic (exact) mass is 395 g/mol. The molecule has 6 heteroatoms. The molecule has 1 atom stereocenters. The fraction of sp³-hybridized carbons (Fsp3) is 0.273. The predicted octanol–water partition coefficient (Wildman–Crippen LogP) is 5.13. The van der Waals surface area contributed by atoms with Crippen LogP contribution in [0.3, 0.4) is 0 Å². The van der Waals surface area contributed by atoms with Crippen molar-refractivity contribution in [2.45, 2.75) is 37.9 Å². The number of hydrogen-bond acceptors (Lipinski definition) is 6. The van der Waals surface area contributed by atoms with Gasteiger partial charge in [-0.1, -0.05) is 24.2 Å². The molecule has 1 aliphatic rings. The van der Waals surface area contributed by atoms with E-state index < -0.39 is 0 Å². The lowest BCUT2D eigenvalue weighted by Gasteiger charge is -2.07. The zero-order chi connectivity index (χ0) is 19.5. The van der Waals surface area contributed by atoms with Gasteiger partial charge in [0.2, 0.25) is 0 Å². The molecule has 1 aromatic heterocycles. The van der Waals surface area contributed by atoms with Crippen LogP contribution < -0.4 is 4.74 Å². The second-order valence-electron chi connectivity index (χ2n) is 6.64. The minimum Gasteiger partial charge on any atom is -0.490 e. The first kappa shape index (κ1) is 18.6. The largest absolute Gasteiger partial charge is 0.490 e. The minimum atomic E-state index is -0.357. The third kappa shape index (κ3) is 3.92. The smallest absolute Gasteiger partial charge is 0.339 e. The van der Waals surface area contributed by atoms with E-state index in [1.165, 1.54) is 5.56 Å². The van der Waals surface area contributed by atoms with Crippen LogP contribution in [0.1, 0.15) is 35.5 Å². The van der Waals surface area contributed by atoms with E-state index in [4.69, 9.17) is 14.0 Å².